The Morgan fingerprint density at radius 2 is 2.18 bits per heavy atom. The fraction of sp³-hybridized carbons (Fsp3) is 0.571. The Morgan fingerprint density at radius 1 is 1.45 bits per heavy atom. The van der Waals surface area contributed by atoms with E-state index in [1.165, 1.54) is 18.2 Å². The number of non-ortho nitro benzene ring substituents is 1. The van der Waals surface area contributed by atoms with Crippen molar-refractivity contribution in [1.82, 2.24) is 10.0 Å². The van der Waals surface area contributed by atoms with Gasteiger partial charge in [0.2, 0.25) is 10.0 Å². The monoisotopic (exact) mass is 327 g/mol. The van der Waals surface area contributed by atoms with Crippen LogP contribution in [-0.4, -0.2) is 32.5 Å². The first kappa shape index (κ1) is 16.9. The molecule has 1 aliphatic rings. The molecule has 122 valence electrons. The van der Waals surface area contributed by atoms with Crippen LogP contribution in [-0.2, 0) is 10.0 Å². The number of benzene rings is 1. The molecule has 7 nitrogen and oxygen atoms in total. The quantitative estimate of drug-likeness (QED) is 0.632. The molecule has 1 heterocycles. The highest BCUT2D eigenvalue weighted by molar-refractivity contribution is 7.89. The van der Waals surface area contributed by atoms with E-state index >= 15 is 0 Å². The van der Waals surface area contributed by atoms with E-state index in [4.69, 9.17) is 0 Å². The van der Waals surface area contributed by atoms with E-state index in [1.54, 1.807) is 0 Å². The predicted octanol–water partition coefficient (Wildman–Crippen LogP) is 1.65. The van der Waals surface area contributed by atoms with Crippen molar-refractivity contribution in [3.63, 3.8) is 0 Å². The fourth-order valence-electron chi connectivity index (χ4n) is 2.66. The van der Waals surface area contributed by atoms with Crippen LogP contribution < -0.4 is 10.0 Å². The van der Waals surface area contributed by atoms with Crippen molar-refractivity contribution in [3.05, 3.63) is 34.4 Å². The van der Waals surface area contributed by atoms with E-state index < -0.39 is 14.9 Å². The second-order valence-corrected chi connectivity index (χ2v) is 7.97. The lowest BCUT2D eigenvalue weighted by atomic mass is 9.78. The van der Waals surface area contributed by atoms with E-state index in [-0.39, 0.29) is 28.6 Å². The molecule has 1 saturated heterocycles. The second-order valence-electron chi connectivity index (χ2n) is 6.21. The van der Waals surface area contributed by atoms with Gasteiger partial charge in [-0.05, 0) is 30.9 Å². The first-order valence-corrected chi connectivity index (χ1v) is 8.68. The predicted molar refractivity (Wildman–Crippen MR) is 83.1 cm³/mol. The van der Waals surface area contributed by atoms with Crippen LogP contribution in [0.3, 0.4) is 0 Å². The summed E-state index contributed by atoms with van der Waals surface area (Å²) in [4.78, 5) is 10.1. The Bertz CT molecular complexity index is 658. The van der Waals surface area contributed by atoms with Gasteiger partial charge in [-0.2, -0.15) is 0 Å². The SMILES string of the molecule is CC1(C)CCCNC1CNS(=O)(=O)c1cccc([N+](=O)[O-])c1. The lowest BCUT2D eigenvalue weighted by Gasteiger charge is -2.39. The van der Waals surface area contributed by atoms with Crippen LogP contribution in [0, 0.1) is 15.5 Å². The van der Waals surface area contributed by atoms with Gasteiger partial charge in [-0.3, -0.25) is 10.1 Å². The number of sulfonamides is 1. The van der Waals surface area contributed by atoms with Crippen LogP contribution in [0.1, 0.15) is 26.7 Å². The molecule has 1 aliphatic heterocycles. The third-order valence-corrected chi connectivity index (χ3v) is 5.57. The maximum atomic E-state index is 12.3. The van der Waals surface area contributed by atoms with Gasteiger partial charge in [-0.25, -0.2) is 13.1 Å². The molecular formula is C14H21N3O4S. The van der Waals surface area contributed by atoms with Crippen molar-refractivity contribution in [2.45, 2.75) is 37.6 Å². The molecular weight excluding hydrogens is 306 g/mol. The minimum absolute atomic E-state index is 0.00343. The number of piperidine rings is 1. The maximum Gasteiger partial charge on any atom is 0.270 e. The number of nitro benzene ring substituents is 1. The van der Waals surface area contributed by atoms with Crippen molar-refractivity contribution in [2.24, 2.45) is 5.41 Å². The van der Waals surface area contributed by atoms with Gasteiger partial charge < -0.3 is 5.32 Å². The molecule has 1 aromatic rings. The van der Waals surface area contributed by atoms with Crippen LogP contribution in [0.5, 0.6) is 0 Å². The van der Waals surface area contributed by atoms with Crippen LogP contribution in [0.4, 0.5) is 5.69 Å². The van der Waals surface area contributed by atoms with Gasteiger partial charge in [0.15, 0.2) is 0 Å². The lowest BCUT2D eigenvalue weighted by molar-refractivity contribution is -0.385. The highest BCUT2D eigenvalue weighted by Crippen LogP contribution is 2.29. The molecule has 22 heavy (non-hydrogen) atoms. The minimum Gasteiger partial charge on any atom is -0.312 e. The molecule has 0 amide bonds. The Hall–Kier alpha value is -1.51. The van der Waals surface area contributed by atoms with Gasteiger partial charge in [0.1, 0.15) is 0 Å². The first-order valence-electron chi connectivity index (χ1n) is 7.20. The molecule has 0 spiro atoms. The summed E-state index contributed by atoms with van der Waals surface area (Å²) in [5, 5.41) is 14.1. The van der Waals surface area contributed by atoms with Crippen molar-refractivity contribution < 1.29 is 13.3 Å². The Balaban J connectivity index is 2.11. The third-order valence-electron chi connectivity index (χ3n) is 4.15. The van der Waals surface area contributed by atoms with Gasteiger partial charge in [-0.15, -0.1) is 0 Å². The van der Waals surface area contributed by atoms with E-state index in [9.17, 15) is 18.5 Å². The van der Waals surface area contributed by atoms with Crippen molar-refractivity contribution in [2.75, 3.05) is 13.1 Å². The number of hydrogen-bond acceptors (Lipinski definition) is 5. The van der Waals surface area contributed by atoms with Gasteiger partial charge in [-0.1, -0.05) is 19.9 Å². The summed E-state index contributed by atoms with van der Waals surface area (Å²) in [6.45, 7) is 5.33. The molecule has 2 N–H and O–H groups in total. The lowest BCUT2D eigenvalue weighted by Crippen LogP contribution is -2.52. The molecule has 8 heteroatoms. The summed E-state index contributed by atoms with van der Waals surface area (Å²) < 4.78 is 27.2. The molecule has 0 aromatic heterocycles. The molecule has 0 bridgehead atoms. The van der Waals surface area contributed by atoms with Gasteiger partial charge in [0, 0.05) is 24.7 Å². The number of nitrogens with zero attached hydrogens (tertiary/aromatic N) is 1. The zero-order valence-electron chi connectivity index (χ0n) is 12.7. The first-order chi connectivity index (χ1) is 10.2. The molecule has 0 radical (unpaired) electrons. The van der Waals surface area contributed by atoms with Crippen LogP contribution in [0.15, 0.2) is 29.2 Å². The largest absolute Gasteiger partial charge is 0.312 e. The molecule has 0 saturated carbocycles. The Kier molecular flexibility index (Phi) is 4.84. The molecule has 2 rings (SSSR count). The van der Waals surface area contributed by atoms with Gasteiger partial charge in [0.05, 0.1) is 9.82 Å². The van der Waals surface area contributed by atoms with E-state index in [1.807, 2.05) is 0 Å². The molecule has 1 fully saturated rings. The van der Waals surface area contributed by atoms with Gasteiger partial charge >= 0.3 is 0 Å². The van der Waals surface area contributed by atoms with E-state index in [2.05, 4.69) is 23.9 Å². The average Bonchev–Trinajstić information content (AvgIpc) is 2.46. The second kappa shape index (κ2) is 6.31. The Labute approximate surface area is 130 Å². The standard InChI is InChI=1S/C14H21N3O4S/c1-14(2)7-4-8-15-13(14)10-16-22(20,21)12-6-3-5-11(9-12)17(18)19/h3,5-6,9,13,15-16H,4,7-8,10H2,1-2H3. The summed E-state index contributed by atoms with van der Waals surface area (Å²) in [5.74, 6) is 0. The molecule has 1 atom stereocenters. The zero-order chi connectivity index (χ0) is 16.4. The zero-order valence-corrected chi connectivity index (χ0v) is 13.5. The summed E-state index contributed by atoms with van der Waals surface area (Å²) >= 11 is 0. The summed E-state index contributed by atoms with van der Waals surface area (Å²) in [6, 6.07) is 5.10. The van der Waals surface area contributed by atoms with Crippen LogP contribution in [0.25, 0.3) is 0 Å². The smallest absolute Gasteiger partial charge is 0.270 e. The number of hydrogen-bond donors (Lipinski definition) is 2. The third kappa shape index (κ3) is 3.82. The summed E-state index contributed by atoms with van der Waals surface area (Å²) in [6.07, 6.45) is 2.10. The number of rotatable bonds is 5. The average molecular weight is 327 g/mol. The van der Waals surface area contributed by atoms with E-state index in [0.29, 0.717) is 0 Å². The fourth-order valence-corrected chi connectivity index (χ4v) is 3.75. The van der Waals surface area contributed by atoms with Crippen LogP contribution in [0.2, 0.25) is 0 Å². The van der Waals surface area contributed by atoms with Crippen molar-refractivity contribution in [3.8, 4) is 0 Å². The van der Waals surface area contributed by atoms with E-state index in [0.717, 1.165) is 25.5 Å². The normalized spacial score (nSPS) is 21.5. The molecule has 1 aromatic carbocycles. The Morgan fingerprint density at radius 3 is 2.82 bits per heavy atom. The highest BCUT2D eigenvalue weighted by Gasteiger charge is 2.32. The van der Waals surface area contributed by atoms with Crippen molar-refractivity contribution >= 4 is 15.7 Å². The number of nitrogens with one attached hydrogen (secondary N) is 2. The molecule has 0 aliphatic carbocycles. The highest BCUT2D eigenvalue weighted by atomic mass is 32.2. The van der Waals surface area contributed by atoms with Crippen LogP contribution >= 0.6 is 0 Å². The summed E-state index contributed by atoms with van der Waals surface area (Å²) in [5.41, 5.74) is -0.234. The molecule has 1 unspecified atom stereocenters. The summed E-state index contributed by atoms with van der Waals surface area (Å²) in [7, 11) is -3.76. The van der Waals surface area contributed by atoms with Gasteiger partial charge in [0.25, 0.3) is 5.69 Å². The van der Waals surface area contributed by atoms with Crippen molar-refractivity contribution in [1.29, 1.82) is 0 Å². The maximum absolute atomic E-state index is 12.3. The minimum atomic E-state index is -3.76. The topological polar surface area (TPSA) is 101 Å². The number of nitro groups is 1.